The molecule has 2 aliphatic rings. The monoisotopic (exact) mass is 391 g/mol. The summed E-state index contributed by atoms with van der Waals surface area (Å²) in [7, 11) is -2.27. The molecule has 1 saturated heterocycles. The van der Waals surface area contributed by atoms with Gasteiger partial charge >= 0.3 is 12.1 Å². The minimum atomic E-state index is -4.45. The van der Waals surface area contributed by atoms with Gasteiger partial charge in [-0.2, -0.15) is 13.2 Å². The van der Waals surface area contributed by atoms with Gasteiger partial charge in [-0.05, 0) is 42.4 Å². The third-order valence-electron chi connectivity index (χ3n) is 5.42. The van der Waals surface area contributed by atoms with Gasteiger partial charge in [0.15, 0.2) is 0 Å². The van der Waals surface area contributed by atoms with Crippen LogP contribution in [-0.2, 0) is 31.5 Å². The summed E-state index contributed by atoms with van der Waals surface area (Å²) in [6.07, 6.45) is -2.52. The summed E-state index contributed by atoms with van der Waals surface area (Å²) in [4.78, 5) is 11.6. The summed E-state index contributed by atoms with van der Waals surface area (Å²) in [6.45, 7) is 0.632. The molecular weight excluding hydrogens is 371 g/mol. The van der Waals surface area contributed by atoms with Crippen molar-refractivity contribution in [3.63, 3.8) is 0 Å². The Balaban J connectivity index is 1.61. The Morgan fingerprint density at radius 3 is 2.31 bits per heavy atom. The number of piperidine rings is 1. The highest BCUT2D eigenvalue weighted by Crippen LogP contribution is 2.60. The number of halogens is 3. The molecule has 2 fully saturated rings. The van der Waals surface area contributed by atoms with Crippen LogP contribution in [-0.4, -0.2) is 38.9 Å². The Bertz CT molecular complexity index is 781. The summed E-state index contributed by atoms with van der Waals surface area (Å²) in [5.41, 5.74) is -0.633. The fourth-order valence-corrected chi connectivity index (χ4v) is 5.21. The van der Waals surface area contributed by atoms with E-state index in [4.69, 9.17) is 4.74 Å². The maximum atomic E-state index is 12.6. The van der Waals surface area contributed by atoms with Gasteiger partial charge in [-0.25, -0.2) is 12.7 Å². The predicted molar refractivity (Wildman–Crippen MR) is 87.4 cm³/mol. The smallest absolute Gasteiger partial charge is 0.416 e. The van der Waals surface area contributed by atoms with Gasteiger partial charge in [-0.3, -0.25) is 4.79 Å². The van der Waals surface area contributed by atoms with E-state index < -0.39 is 21.8 Å². The van der Waals surface area contributed by atoms with Crippen LogP contribution in [0.25, 0.3) is 0 Å². The number of carbonyl (C=O) groups excluding carboxylic acids is 1. The van der Waals surface area contributed by atoms with Gasteiger partial charge in [0.25, 0.3) is 0 Å². The first-order valence-electron chi connectivity index (χ1n) is 8.29. The molecule has 1 heterocycles. The van der Waals surface area contributed by atoms with Crippen LogP contribution in [0.5, 0.6) is 0 Å². The zero-order valence-corrected chi connectivity index (χ0v) is 15.1. The van der Waals surface area contributed by atoms with Crippen molar-refractivity contribution in [2.75, 3.05) is 20.2 Å². The molecule has 5 nitrogen and oxygen atoms in total. The van der Waals surface area contributed by atoms with Crippen LogP contribution in [0.2, 0.25) is 0 Å². The number of ether oxygens (including phenoxy) is 1. The Morgan fingerprint density at radius 1 is 1.23 bits per heavy atom. The van der Waals surface area contributed by atoms with E-state index in [1.54, 1.807) is 0 Å². The lowest BCUT2D eigenvalue weighted by molar-refractivity contribution is -0.143. The summed E-state index contributed by atoms with van der Waals surface area (Å²) >= 11 is 0. The molecule has 0 N–H and O–H groups in total. The van der Waals surface area contributed by atoms with Gasteiger partial charge in [0, 0.05) is 13.1 Å². The topological polar surface area (TPSA) is 63.7 Å². The highest BCUT2D eigenvalue weighted by Gasteiger charge is 2.59. The third kappa shape index (κ3) is 3.73. The van der Waals surface area contributed by atoms with Crippen molar-refractivity contribution in [2.45, 2.75) is 31.2 Å². The number of methoxy groups -OCH3 is 1. The van der Waals surface area contributed by atoms with E-state index in [2.05, 4.69) is 0 Å². The SMILES string of the molecule is COC(=O)C1CC12CCN(S(=O)(=O)Cc1ccc(C(F)(F)F)cc1)CC2. The van der Waals surface area contributed by atoms with E-state index in [0.717, 1.165) is 18.6 Å². The molecule has 1 spiro atoms. The van der Waals surface area contributed by atoms with Crippen molar-refractivity contribution in [2.24, 2.45) is 11.3 Å². The van der Waals surface area contributed by atoms with Crippen LogP contribution in [0, 0.1) is 11.3 Å². The molecule has 1 aromatic rings. The molecule has 1 aromatic carbocycles. The second-order valence-corrected chi connectivity index (χ2v) is 8.96. The van der Waals surface area contributed by atoms with Crippen LogP contribution in [0.4, 0.5) is 13.2 Å². The largest absolute Gasteiger partial charge is 0.469 e. The molecule has 1 aliphatic heterocycles. The fourth-order valence-electron chi connectivity index (χ4n) is 3.68. The lowest BCUT2D eigenvalue weighted by atomic mass is 9.92. The maximum absolute atomic E-state index is 12.6. The van der Waals surface area contributed by atoms with Crippen LogP contribution < -0.4 is 0 Å². The Hall–Kier alpha value is -1.61. The summed E-state index contributed by atoms with van der Waals surface area (Å²) in [5, 5.41) is 0. The first-order chi connectivity index (χ1) is 12.1. The van der Waals surface area contributed by atoms with Gasteiger partial charge in [-0.1, -0.05) is 12.1 Å². The minimum absolute atomic E-state index is 0.145. The average molecular weight is 391 g/mol. The lowest BCUT2D eigenvalue weighted by Crippen LogP contribution is -2.40. The number of rotatable bonds is 4. The molecule has 0 radical (unpaired) electrons. The van der Waals surface area contributed by atoms with Crippen molar-refractivity contribution in [3.05, 3.63) is 35.4 Å². The number of esters is 1. The van der Waals surface area contributed by atoms with E-state index in [0.29, 0.717) is 31.5 Å². The summed E-state index contributed by atoms with van der Waals surface area (Å²) in [6, 6.07) is 4.17. The maximum Gasteiger partial charge on any atom is 0.416 e. The minimum Gasteiger partial charge on any atom is -0.469 e. The molecule has 26 heavy (non-hydrogen) atoms. The zero-order chi connectivity index (χ0) is 19.2. The molecule has 3 rings (SSSR count). The second kappa shape index (κ2) is 6.53. The number of benzene rings is 1. The number of hydrogen-bond acceptors (Lipinski definition) is 4. The first-order valence-corrected chi connectivity index (χ1v) is 9.90. The Kier molecular flexibility index (Phi) is 4.81. The highest BCUT2D eigenvalue weighted by molar-refractivity contribution is 7.88. The van der Waals surface area contributed by atoms with Crippen molar-refractivity contribution in [3.8, 4) is 0 Å². The van der Waals surface area contributed by atoms with Crippen LogP contribution in [0.1, 0.15) is 30.4 Å². The number of alkyl halides is 3. The van der Waals surface area contributed by atoms with Crippen LogP contribution in [0.15, 0.2) is 24.3 Å². The van der Waals surface area contributed by atoms with Crippen LogP contribution in [0.3, 0.4) is 0 Å². The number of carbonyl (C=O) groups is 1. The zero-order valence-electron chi connectivity index (χ0n) is 14.3. The molecule has 1 atom stereocenters. The molecule has 1 unspecified atom stereocenters. The van der Waals surface area contributed by atoms with Gasteiger partial charge in [-0.15, -0.1) is 0 Å². The molecule has 9 heteroatoms. The molecule has 1 aliphatic carbocycles. The standard InChI is InChI=1S/C17H20F3NO4S/c1-25-15(22)14-10-16(14)6-8-21(9-7-16)26(23,24)11-12-2-4-13(5-3-12)17(18,19)20/h2-5,14H,6-11H2,1H3. The fraction of sp³-hybridized carbons (Fsp3) is 0.588. The summed E-state index contributed by atoms with van der Waals surface area (Å²) in [5.74, 6) is -0.725. The van der Waals surface area contributed by atoms with Crippen molar-refractivity contribution in [1.82, 2.24) is 4.31 Å². The summed E-state index contributed by atoms with van der Waals surface area (Å²) < 4.78 is 69.0. The quantitative estimate of drug-likeness (QED) is 0.741. The number of hydrogen-bond donors (Lipinski definition) is 0. The van der Waals surface area contributed by atoms with Gasteiger partial charge in [0.1, 0.15) is 0 Å². The molecular formula is C17H20F3NO4S. The Morgan fingerprint density at radius 2 is 1.81 bits per heavy atom. The van der Waals surface area contributed by atoms with Crippen LogP contribution >= 0.6 is 0 Å². The molecule has 0 amide bonds. The molecule has 144 valence electrons. The Labute approximate surface area is 150 Å². The second-order valence-electron chi connectivity index (χ2n) is 6.99. The third-order valence-corrected chi connectivity index (χ3v) is 7.27. The van der Waals surface area contributed by atoms with E-state index >= 15 is 0 Å². The van der Waals surface area contributed by atoms with Gasteiger partial charge < -0.3 is 4.74 Å². The number of sulfonamides is 1. The van der Waals surface area contributed by atoms with E-state index in [-0.39, 0.29) is 23.1 Å². The van der Waals surface area contributed by atoms with Gasteiger partial charge in [0.05, 0.1) is 24.3 Å². The number of nitrogens with zero attached hydrogens (tertiary/aromatic N) is 1. The highest BCUT2D eigenvalue weighted by atomic mass is 32.2. The van der Waals surface area contributed by atoms with Gasteiger partial charge in [0.2, 0.25) is 10.0 Å². The normalized spacial score (nSPS) is 23.0. The van der Waals surface area contributed by atoms with E-state index in [1.165, 1.54) is 23.5 Å². The van der Waals surface area contributed by atoms with Crippen molar-refractivity contribution in [1.29, 1.82) is 0 Å². The predicted octanol–water partition coefficient (Wildman–Crippen LogP) is 2.81. The lowest BCUT2D eigenvalue weighted by Gasteiger charge is -2.32. The van der Waals surface area contributed by atoms with Crippen molar-refractivity contribution < 1.29 is 31.1 Å². The molecule has 0 aromatic heterocycles. The molecule has 0 bridgehead atoms. The van der Waals surface area contributed by atoms with E-state index in [1.807, 2.05) is 0 Å². The first kappa shape index (κ1) is 19.2. The molecule has 1 saturated carbocycles. The van der Waals surface area contributed by atoms with E-state index in [9.17, 15) is 26.4 Å². The van der Waals surface area contributed by atoms with Crippen molar-refractivity contribution >= 4 is 16.0 Å². The average Bonchev–Trinajstić information content (AvgIpc) is 3.27.